The van der Waals surface area contributed by atoms with Crippen LogP contribution in [0.15, 0.2) is 24.3 Å². The van der Waals surface area contributed by atoms with Crippen molar-refractivity contribution in [2.75, 3.05) is 19.7 Å². The van der Waals surface area contributed by atoms with E-state index in [1.807, 2.05) is 0 Å². The molecule has 0 aromatic heterocycles. The number of hydrogen-bond donors (Lipinski definition) is 1. The fourth-order valence-corrected chi connectivity index (χ4v) is 2.42. The number of piperazine rings is 1. The van der Waals surface area contributed by atoms with Gasteiger partial charge >= 0.3 is 5.97 Å². The molecule has 1 aliphatic heterocycles. The van der Waals surface area contributed by atoms with Crippen LogP contribution in [-0.4, -0.2) is 48.4 Å². The first kappa shape index (κ1) is 16.3. The Labute approximate surface area is 133 Å². The summed E-state index contributed by atoms with van der Waals surface area (Å²) in [5.74, 6) is -1.15. The zero-order valence-electron chi connectivity index (χ0n) is 12.2. The molecule has 7 heteroatoms. The van der Waals surface area contributed by atoms with Gasteiger partial charge in [-0.2, -0.15) is 0 Å². The van der Waals surface area contributed by atoms with E-state index in [-0.39, 0.29) is 24.8 Å². The molecule has 2 rings (SSSR count). The van der Waals surface area contributed by atoms with Crippen LogP contribution in [0.3, 0.4) is 0 Å². The molecule has 1 atom stereocenters. The van der Waals surface area contributed by atoms with Gasteiger partial charge in [-0.1, -0.05) is 11.6 Å². The van der Waals surface area contributed by atoms with Crippen molar-refractivity contribution in [3.8, 4) is 0 Å². The molecule has 2 amide bonds. The maximum atomic E-state index is 12.6. The van der Waals surface area contributed by atoms with Gasteiger partial charge in [-0.25, -0.2) is 0 Å². The highest BCUT2D eigenvalue weighted by molar-refractivity contribution is 6.30. The maximum Gasteiger partial charge on any atom is 0.308 e. The Morgan fingerprint density at radius 2 is 2.05 bits per heavy atom. The zero-order valence-corrected chi connectivity index (χ0v) is 12.9. The van der Waals surface area contributed by atoms with Crippen molar-refractivity contribution in [3.63, 3.8) is 0 Å². The summed E-state index contributed by atoms with van der Waals surface area (Å²) in [5, 5.41) is 3.19. The fourth-order valence-electron chi connectivity index (χ4n) is 2.30. The predicted octanol–water partition coefficient (Wildman–Crippen LogP) is 1.23. The molecule has 0 aliphatic carbocycles. The van der Waals surface area contributed by atoms with E-state index >= 15 is 0 Å². The number of benzene rings is 1. The molecule has 22 heavy (non-hydrogen) atoms. The number of nitrogens with zero attached hydrogens (tertiary/aromatic N) is 1. The summed E-state index contributed by atoms with van der Waals surface area (Å²) in [4.78, 5) is 37.6. The van der Waals surface area contributed by atoms with Crippen LogP contribution in [-0.2, 0) is 14.3 Å². The molecular weight excluding hydrogens is 308 g/mol. The van der Waals surface area contributed by atoms with E-state index < -0.39 is 12.0 Å². The van der Waals surface area contributed by atoms with Crippen LogP contribution >= 0.6 is 11.6 Å². The van der Waals surface area contributed by atoms with E-state index in [0.29, 0.717) is 23.7 Å². The molecule has 1 aromatic carbocycles. The number of hydrogen-bond acceptors (Lipinski definition) is 4. The van der Waals surface area contributed by atoms with Gasteiger partial charge in [-0.3, -0.25) is 14.4 Å². The molecular formula is C15H17ClN2O4. The Bertz CT molecular complexity index is 573. The molecule has 6 nitrogen and oxygen atoms in total. The van der Waals surface area contributed by atoms with Crippen molar-refractivity contribution in [2.45, 2.75) is 19.4 Å². The number of ether oxygens (including phenoxy) is 1. The summed E-state index contributed by atoms with van der Waals surface area (Å²) in [5.41, 5.74) is 0.424. The second-order valence-corrected chi connectivity index (χ2v) is 5.26. The molecule has 0 saturated carbocycles. The number of rotatable bonds is 4. The topological polar surface area (TPSA) is 75.7 Å². The molecule has 1 heterocycles. The third kappa shape index (κ3) is 3.76. The van der Waals surface area contributed by atoms with Crippen LogP contribution in [0, 0.1) is 0 Å². The minimum atomic E-state index is -0.851. The van der Waals surface area contributed by atoms with Crippen molar-refractivity contribution in [1.82, 2.24) is 10.2 Å². The standard InChI is InChI=1S/C15H17ClN2O4/c1-2-22-13(19)9-12-14(20)17-7-8-18(12)15(21)10-3-5-11(16)6-4-10/h3-6,12H,2,7-9H2,1H3,(H,17,20)/t12-/m0/s1. The van der Waals surface area contributed by atoms with Crippen molar-refractivity contribution < 1.29 is 19.1 Å². The predicted molar refractivity (Wildman–Crippen MR) is 80.5 cm³/mol. The van der Waals surface area contributed by atoms with Crippen LogP contribution in [0.25, 0.3) is 0 Å². The van der Waals surface area contributed by atoms with Crippen LogP contribution in [0.4, 0.5) is 0 Å². The van der Waals surface area contributed by atoms with E-state index in [2.05, 4.69) is 5.32 Å². The second-order valence-electron chi connectivity index (χ2n) is 4.82. The van der Waals surface area contributed by atoms with Crippen LogP contribution in [0.1, 0.15) is 23.7 Å². The van der Waals surface area contributed by atoms with E-state index in [9.17, 15) is 14.4 Å². The summed E-state index contributed by atoms with van der Waals surface area (Å²) in [6.45, 7) is 2.63. The van der Waals surface area contributed by atoms with Crippen LogP contribution < -0.4 is 5.32 Å². The summed E-state index contributed by atoms with van der Waals surface area (Å²) >= 11 is 5.81. The average Bonchev–Trinajstić information content (AvgIpc) is 2.49. The van der Waals surface area contributed by atoms with Gasteiger partial charge in [0.05, 0.1) is 13.0 Å². The van der Waals surface area contributed by atoms with Gasteiger partial charge < -0.3 is 15.0 Å². The Balaban J connectivity index is 2.17. The number of halogens is 1. The Morgan fingerprint density at radius 1 is 1.36 bits per heavy atom. The highest BCUT2D eigenvalue weighted by Gasteiger charge is 2.35. The molecule has 0 spiro atoms. The minimum absolute atomic E-state index is 0.154. The first-order valence-electron chi connectivity index (χ1n) is 7.02. The van der Waals surface area contributed by atoms with Gasteiger partial charge in [-0.05, 0) is 31.2 Å². The number of carbonyl (C=O) groups is 3. The summed E-state index contributed by atoms with van der Waals surface area (Å²) < 4.78 is 4.87. The van der Waals surface area contributed by atoms with Crippen molar-refractivity contribution in [1.29, 1.82) is 0 Å². The summed E-state index contributed by atoms with van der Waals surface area (Å²) in [6, 6.07) is 5.56. The number of carbonyl (C=O) groups excluding carboxylic acids is 3. The molecule has 0 bridgehead atoms. The molecule has 1 fully saturated rings. The molecule has 118 valence electrons. The van der Waals surface area contributed by atoms with Gasteiger partial charge in [0.2, 0.25) is 5.91 Å². The minimum Gasteiger partial charge on any atom is -0.466 e. The maximum absolute atomic E-state index is 12.6. The van der Waals surface area contributed by atoms with Crippen molar-refractivity contribution in [3.05, 3.63) is 34.9 Å². The number of nitrogens with one attached hydrogen (secondary N) is 1. The summed E-state index contributed by atoms with van der Waals surface area (Å²) in [7, 11) is 0. The normalized spacial score (nSPS) is 17.8. The van der Waals surface area contributed by atoms with E-state index in [0.717, 1.165) is 0 Å². The lowest BCUT2D eigenvalue weighted by Crippen LogP contribution is -2.57. The Kier molecular flexibility index (Phi) is 5.38. The molecule has 1 aliphatic rings. The molecule has 1 saturated heterocycles. The Morgan fingerprint density at radius 3 is 2.68 bits per heavy atom. The average molecular weight is 325 g/mol. The lowest BCUT2D eigenvalue weighted by molar-refractivity contribution is -0.147. The largest absolute Gasteiger partial charge is 0.466 e. The number of esters is 1. The summed E-state index contributed by atoms with van der Waals surface area (Å²) in [6.07, 6.45) is -0.154. The van der Waals surface area contributed by atoms with Gasteiger partial charge in [0.1, 0.15) is 6.04 Å². The smallest absolute Gasteiger partial charge is 0.308 e. The second kappa shape index (κ2) is 7.26. The van der Waals surface area contributed by atoms with E-state index in [1.54, 1.807) is 31.2 Å². The van der Waals surface area contributed by atoms with E-state index in [1.165, 1.54) is 4.90 Å². The van der Waals surface area contributed by atoms with Crippen LogP contribution in [0.2, 0.25) is 5.02 Å². The monoisotopic (exact) mass is 324 g/mol. The first-order valence-corrected chi connectivity index (χ1v) is 7.40. The van der Waals surface area contributed by atoms with E-state index in [4.69, 9.17) is 16.3 Å². The lowest BCUT2D eigenvalue weighted by Gasteiger charge is -2.34. The molecule has 0 unspecified atom stereocenters. The van der Waals surface area contributed by atoms with Gasteiger partial charge in [0.25, 0.3) is 5.91 Å². The van der Waals surface area contributed by atoms with Crippen molar-refractivity contribution in [2.24, 2.45) is 0 Å². The SMILES string of the molecule is CCOC(=O)C[C@H]1C(=O)NCCN1C(=O)c1ccc(Cl)cc1. The third-order valence-electron chi connectivity index (χ3n) is 3.35. The zero-order chi connectivity index (χ0) is 16.1. The lowest BCUT2D eigenvalue weighted by atomic mass is 10.1. The molecule has 0 radical (unpaired) electrons. The molecule has 1 N–H and O–H groups in total. The Hall–Kier alpha value is -2.08. The highest BCUT2D eigenvalue weighted by Crippen LogP contribution is 2.16. The first-order chi connectivity index (χ1) is 10.5. The third-order valence-corrected chi connectivity index (χ3v) is 3.60. The quantitative estimate of drug-likeness (QED) is 0.845. The number of amides is 2. The van der Waals surface area contributed by atoms with Crippen LogP contribution in [0.5, 0.6) is 0 Å². The highest BCUT2D eigenvalue weighted by atomic mass is 35.5. The fraction of sp³-hybridized carbons (Fsp3) is 0.400. The van der Waals surface area contributed by atoms with Crippen molar-refractivity contribution >= 4 is 29.4 Å². The molecule has 1 aromatic rings. The van der Waals surface area contributed by atoms with Gasteiger partial charge in [0.15, 0.2) is 0 Å². The van der Waals surface area contributed by atoms with Gasteiger partial charge in [0, 0.05) is 23.7 Å². The van der Waals surface area contributed by atoms with Gasteiger partial charge in [-0.15, -0.1) is 0 Å².